The van der Waals surface area contributed by atoms with Gasteiger partial charge in [0.15, 0.2) is 5.60 Å². The standard InChI is InChI=1S/C20H24ClN3O2/c1-20(2,26-18-8-6-16(21)7-9-18)19(25)24-13-11-23(12-14-24)15-17-5-3-4-10-22-17/h3-10H,11-15H2,1-2H3. The summed E-state index contributed by atoms with van der Waals surface area (Å²) in [6.07, 6.45) is 1.81. The maximum absolute atomic E-state index is 12.9. The molecule has 5 nitrogen and oxygen atoms in total. The van der Waals surface area contributed by atoms with E-state index in [0.717, 1.165) is 25.3 Å². The van der Waals surface area contributed by atoms with Crippen LogP contribution >= 0.6 is 11.6 Å². The minimum absolute atomic E-state index is 0.00457. The van der Waals surface area contributed by atoms with Gasteiger partial charge in [0.05, 0.1) is 5.69 Å². The molecule has 0 N–H and O–H groups in total. The van der Waals surface area contributed by atoms with Crippen LogP contribution in [-0.2, 0) is 11.3 Å². The van der Waals surface area contributed by atoms with E-state index in [9.17, 15) is 4.79 Å². The zero-order valence-corrected chi connectivity index (χ0v) is 15.9. The van der Waals surface area contributed by atoms with Crippen molar-refractivity contribution in [1.29, 1.82) is 0 Å². The van der Waals surface area contributed by atoms with Gasteiger partial charge in [-0.3, -0.25) is 14.7 Å². The summed E-state index contributed by atoms with van der Waals surface area (Å²) >= 11 is 5.90. The van der Waals surface area contributed by atoms with Crippen molar-refractivity contribution in [2.24, 2.45) is 0 Å². The van der Waals surface area contributed by atoms with Crippen molar-refractivity contribution < 1.29 is 9.53 Å². The van der Waals surface area contributed by atoms with Gasteiger partial charge >= 0.3 is 0 Å². The van der Waals surface area contributed by atoms with Crippen LogP contribution in [0.4, 0.5) is 0 Å². The van der Waals surface area contributed by atoms with Crippen molar-refractivity contribution in [2.45, 2.75) is 26.0 Å². The van der Waals surface area contributed by atoms with Crippen molar-refractivity contribution >= 4 is 17.5 Å². The van der Waals surface area contributed by atoms with Gasteiger partial charge in [0.25, 0.3) is 5.91 Å². The first kappa shape index (κ1) is 18.7. The van der Waals surface area contributed by atoms with Gasteiger partial charge in [-0.15, -0.1) is 0 Å². The van der Waals surface area contributed by atoms with E-state index in [4.69, 9.17) is 16.3 Å². The van der Waals surface area contributed by atoms with E-state index in [0.29, 0.717) is 23.9 Å². The second-order valence-electron chi connectivity index (χ2n) is 6.96. The van der Waals surface area contributed by atoms with Gasteiger partial charge in [0.1, 0.15) is 5.75 Å². The Kier molecular flexibility index (Phi) is 5.79. The summed E-state index contributed by atoms with van der Waals surface area (Å²) in [5.41, 5.74) is 0.135. The maximum Gasteiger partial charge on any atom is 0.266 e. The molecular weight excluding hydrogens is 350 g/mol. The number of halogens is 1. The van der Waals surface area contributed by atoms with E-state index in [1.165, 1.54) is 0 Å². The molecule has 26 heavy (non-hydrogen) atoms. The molecule has 1 aromatic heterocycles. The zero-order valence-electron chi connectivity index (χ0n) is 15.2. The van der Waals surface area contributed by atoms with E-state index < -0.39 is 5.60 Å². The minimum Gasteiger partial charge on any atom is -0.478 e. The van der Waals surface area contributed by atoms with Crippen LogP contribution < -0.4 is 4.74 Å². The molecule has 1 saturated heterocycles. The third-order valence-electron chi connectivity index (χ3n) is 4.47. The van der Waals surface area contributed by atoms with E-state index in [-0.39, 0.29) is 5.91 Å². The molecule has 1 amide bonds. The Morgan fingerprint density at radius 2 is 1.81 bits per heavy atom. The largest absolute Gasteiger partial charge is 0.478 e. The van der Waals surface area contributed by atoms with E-state index in [2.05, 4.69) is 9.88 Å². The van der Waals surface area contributed by atoms with E-state index in [1.807, 2.05) is 43.1 Å². The number of aromatic nitrogens is 1. The van der Waals surface area contributed by atoms with Crippen molar-refractivity contribution in [3.63, 3.8) is 0 Å². The number of hydrogen-bond acceptors (Lipinski definition) is 4. The van der Waals surface area contributed by atoms with Crippen LogP contribution in [0.3, 0.4) is 0 Å². The SMILES string of the molecule is CC(C)(Oc1ccc(Cl)cc1)C(=O)N1CCN(Cc2ccccn2)CC1. The lowest BCUT2D eigenvalue weighted by atomic mass is 10.1. The van der Waals surface area contributed by atoms with Gasteiger partial charge in [-0.05, 0) is 50.2 Å². The molecule has 0 bridgehead atoms. The van der Waals surface area contributed by atoms with Crippen molar-refractivity contribution in [3.05, 3.63) is 59.4 Å². The molecular formula is C20H24ClN3O2. The number of rotatable bonds is 5. The van der Waals surface area contributed by atoms with E-state index >= 15 is 0 Å². The maximum atomic E-state index is 12.9. The monoisotopic (exact) mass is 373 g/mol. The molecule has 1 aliphatic rings. The number of pyridine rings is 1. The van der Waals surface area contributed by atoms with Gasteiger partial charge in [0.2, 0.25) is 0 Å². The first-order valence-electron chi connectivity index (χ1n) is 8.80. The molecule has 3 rings (SSSR count). The lowest BCUT2D eigenvalue weighted by Gasteiger charge is -2.38. The van der Waals surface area contributed by atoms with Gasteiger partial charge in [-0.1, -0.05) is 17.7 Å². The first-order chi connectivity index (χ1) is 12.4. The van der Waals surface area contributed by atoms with Crippen molar-refractivity contribution in [1.82, 2.24) is 14.8 Å². The van der Waals surface area contributed by atoms with Crippen LogP contribution in [0.25, 0.3) is 0 Å². The minimum atomic E-state index is -0.920. The molecule has 1 aliphatic heterocycles. The second kappa shape index (κ2) is 8.06. The van der Waals surface area contributed by atoms with Crippen LogP contribution in [0.1, 0.15) is 19.5 Å². The lowest BCUT2D eigenvalue weighted by Crippen LogP contribution is -2.55. The zero-order chi connectivity index (χ0) is 18.6. The van der Waals surface area contributed by atoms with Gasteiger partial charge < -0.3 is 9.64 Å². The molecule has 0 saturated carbocycles. The highest BCUT2D eigenvalue weighted by Crippen LogP contribution is 2.23. The number of hydrogen-bond donors (Lipinski definition) is 0. The summed E-state index contributed by atoms with van der Waals surface area (Å²) in [5, 5.41) is 0.644. The lowest BCUT2D eigenvalue weighted by molar-refractivity contribution is -0.147. The topological polar surface area (TPSA) is 45.7 Å². The first-order valence-corrected chi connectivity index (χ1v) is 9.18. The highest BCUT2D eigenvalue weighted by molar-refractivity contribution is 6.30. The van der Waals surface area contributed by atoms with Crippen LogP contribution in [-0.4, -0.2) is 52.5 Å². The highest BCUT2D eigenvalue weighted by Gasteiger charge is 2.35. The van der Waals surface area contributed by atoms with Crippen LogP contribution in [0.2, 0.25) is 5.02 Å². The third kappa shape index (κ3) is 4.74. The van der Waals surface area contributed by atoms with Gasteiger partial charge in [0, 0.05) is 43.9 Å². The van der Waals surface area contributed by atoms with E-state index in [1.54, 1.807) is 24.3 Å². The number of nitrogens with zero attached hydrogens (tertiary/aromatic N) is 3. The smallest absolute Gasteiger partial charge is 0.266 e. The summed E-state index contributed by atoms with van der Waals surface area (Å²) in [4.78, 5) is 21.5. The highest BCUT2D eigenvalue weighted by atomic mass is 35.5. The number of piperazine rings is 1. The molecule has 2 heterocycles. The van der Waals surface area contributed by atoms with Gasteiger partial charge in [-0.2, -0.15) is 0 Å². The molecule has 1 fully saturated rings. The molecule has 0 atom stereocenters. The average Bonchev–Trinajstić information content (AvgIpc) is 2.64. The summed E-state index contributed by atoms with van der Waals surface area (Å²) in [5.74, 6) is 0.645. The fraction of sp³-hybridized carbons (Fsp3) is 0.400. The van der Waals surface area contributed by atoms with Crippen molar-refractivity contribution in [3.8, 4) is 5.75 Å². The van der Waals surface area contributed by atoms with Crippen molar-refractivity contribution in [2.75, 3.05) is 26.2 Å². The fourth-order valence-electron chi connectivity index (χ4n) is 3.05. The molecule has 0 unspecified atom stereocenters. The number of ether oxygens (including phenoxy) is 1. The Morgan fingerprint density at radius 3 is 2.42 bits per heavy atom. The fourth-order valence-corrected chi connectivity index (χ4v) is 3.18. The van der Waals surface area contributed by atoms with Crippen LogP contribution in [0.15, 0.2) is 48.7 Å². The predicted molar refractivity (Wildman–Crippen MR) is 102 cm³/mol. The predicted octanol–water partition coefficient (Wildman–Crippen LogP) is 3.24. The summed E-state index contributed by atoms with van der Waals surface area (Å²) in [6.45, 7) is 7.48. The van der Waals surface area contributed by atoms with Gasteiger partial charge in [-0.25, -0.2) is 0 Å². The van der Waals surface area contributed by atoms with Crippen LogP contribution in [0.5, 0.6) is 5.75 Å². The molecule has 2 aromatic rings. The molecule has 0 spiro atoms. The third-order valence-corrected chi connectivity index (χ3v) is 4.72. The number of carbonyl (C=O) groups excluding carboxylic acids is 1. The van der Waals surface area contributed by atoms with Crippen LogP contribution in [0, 0.1) is 0 Å². The quantitative estimate of drug-likeness (QED) is 0.807. The summed E-state index contributed by atoms with van der Waals surface area (Å²) in [6, 6.07) is 13.0. The molecule has 6 heteroatoms. The molecule has 0 aliphatic carbocycles. The Hall–Kier alpha value is -2.11. The Bertz CT molecular complexity index is 726. The second-order valence-corrected chi connectivity index (χ2v) is 7.39. The molecule has 0 radical (unpaired) electrons. The summed E-state index contributed by atoms with van der Waals surface area (Å²) in [7, 11) is 0. The Labute approximate surface area is 159 Å². The Morgan fingerprint density at radius 1 is 1.12 bits per heavy atom. The molecule has 1 aromatic carbocycles. The average molecular weight is 374 g/mol. The Balaban J connectivity index is 1.54. The summed E-state index contributed by atoms with van der Waals surface area (Å²) < 4.78 is 5.92. The molecule has 138 valence electrons. The number of amides is 1. The number of carbonyl (C=O) groups is 1. The number of benzene rings is 1. The normalized spacial score (nSPS) is 15.7.